The number of rotatable bonds is 6. The predicted molar refractivity (Wildman–Crippen MR) is 132 cm³/mol. The molecule has 0 spiro atoms. The molecule has 34 heavy (non-hydrogen) atoms. The fourth-order valence-electron chi connectivity index (χ4n) is 4.52. The number of amides is 1. The van der Waals surface area contributed by atoms with E-state index in [9.17, 15) is 18.0 Å². The van der Waals surface area contributed by atoms with Crippen LogP contribution in [0.1, 0.15) is 25.1 Å². The molecule has 0 saturated carbocycles. The Morgan fingerprint density at radius 1 is 1.26 bits per heavy atom. The standard InChI is InChI=1S/C23H28N4O5S2/c1-14-8-15(2)11-27(10-14)34(30,31)21-16(3)33-22-20(21)23(29)26(13-24-22)12-19(28)25-17-6-5-7-18(9-17)32-4/h5-7,9,13-15H,8,10-12H2,1-4H3,(H,25,28)/t14-,15-/m0/s1. The van der Waals surface area contributed by atoms with Crippen LogP contribution in [0, 0.1) is 18.8 Å². The quantitative estimate of drug-likeness (QED) is 0.552. The van der Waals surface area contributed by atoms with Crippen molar-refractivity contribution >= 4 is 43.2 Å². The second kappa shape index (κ2) is 9.47. The van der Waals surface area contributed by atoms with E-state index in [1.807, 2.05) is 13.8 Å². The summed E-state index contributed by atoms with van der Waals surface area (Å²) in [6.07, 6.45) is 2.25. The summed E-state index contributed by atoms with van der Waals surface area (Å²) < 4.78 is 35.0. The van der Waals surface area contributed by atoms with Gasteiger partial charge in [-0.25, -0.2) is 13.4 Å². The Labute approximate surface area is 202 Å². The molecule has 2 aromatic heterocycles. The molecule has 0 unspecified atom stereocenters. The highest BCUT2D eigenvalue weighted by Crippen LogP contribution is 2.35. The molecule has 2 atom stereocenters. The van der Waals surface area contributed by atoms with E-state index in [1.54, 1.807) is 31.2 Å². The summed E-state index contributed by atoms with van der Waals surface area (Å²) in [5.41, 5.74) is -0.0266. The van der Waals surface area contributed by atoms with Crippen LogP contribution in [0.15, 0.2) is 40.3 Å². The highest BCUT2D eigenvalue weighted by Gasteiger charge is 2.35. The van der Waals surface area contributed by atoms with Crippen molar-refractivity contribution in [3.8, 4) is 5.75 Å². The van der Waals surface area contributed by atoms with Crippen molar-refractivity contribution in [2.45, 2.75) is 38.6 Å². The average Bonchev–Trinajstić information content (AvgIpc) is 3.12. The van der Waals surface area contributed by atoms with Crippen molar-refractivity contribution in [2.75, 3.05) is 25.5 Å². The molecule has 0 bridgehead atoms. The van der Waals surface area contributed by atoms with Crippen LogP contribution in [0.3, 0.4) is 0 Å². The monoisotopic (exact) mass is 504 g/mol. The Morgan fingerprint density at radius 2 is 1.97 bits per heavy atom. The van der Waals surface area contributed by atoms with Crippen LogP contribution in [-0.4, -0.2) is 48.4 Å². The Hall–Kier alpha value is -2.76. The largest absolute Gasteiger partial charge is 0.497 e. The maximum absolute atomic E-state index is 13.6. The minimum absolute atomic E-state index is 0.00820. The first kappa shape index (κ1) is 24.4. The molecule has 4 rings (SSSR count). The van der Waals surface area contributed by atoms with Crippen molar-refractivity contribution in [2.24, 2.45) is 11.8 Å². The summed E-state index contributed by atoms with van der Waals surface area (Å²) in [5.74, 6) is 0.618. The summed E-state index contributed by atoms with van der Waals surface area (Å²) >= 11 is 1.17. The summed E-state index contributed by atoms with van der Waals surface area (Å²) in [6, 6.07) is 6.86. The molecule has 182 valence electrons. The highest BCUT2D eigenvalue weighted by molar-refractivity contribution is 7.89. The van der Waals surface area contributed by atoms with Gasteiger partial charge >= 0.3 is 0 Å². The molecule has 0 radical (unpaired) electrons. The Morgan fingerprint density at radius 3 is 2.65 bits per heavy atom. The first-order chi connectivity index (χ1) is 16.1. The third-order valence-electron chi connectivity index (χ3n) is 5.90. The number of methoxy groups -OCH3 is 1. The average molecular weight is 505 g/mol. The van der Waals surface area contributed by atoms with Gasteiger partial charge in [-0.05, 0) is 37.3 Å². The molecule has 1 aliphatic heterocycles. The van der Waals surface area contributed by atoms with Crippen molar-refractivity contribution < 1.29 is 17.9 Å². The first-order valence-electron chi connectivity index (χ1n) is 11.0. The van der Waals surface area contributed by atoms with E-state index in [0.29, 0.717) is 34.2 Å². The minimum atomic E-state index is -3.89. The van der Waals surface area contributed by atoms with Crippen LogP contribution in [0.25, 0.3) is 10.2 Å². The van der Waals surface area contributed by atoms with Crippen molar-refractivity contribution in [3.63, 3.8) is 0 Å². The fraction of sp³-hybridized carbons (Fsp3) is 0.435. The van der Waals surface area contributed by atoms with Gasteiger partial charge in [0.05, 0.1) is 18.8 Å². The Kier molecular flexibility index (Phi) is 6.79. The van der Waals surface area contributed by atoms with Gasteiger partial charge in [0.2, 0.25) is 15.9 Å². The topological polar surface area (TPSA) is 111 Å². The summed E-state index contributed by atoms with van der Waals surface area (Å²) in [7, 11) is -2.36. The number of carbonyl (C=O) groups excluding carboxylic acids is 1. The number of benzene rings is 1. The van der Waals surface area contributed by atoms with Crippen molar-refractivity contribution in [3.05, 3.63) is 45.8 Å². The number of carbonyl (C=O) groups is 1. The summed E-state index contributed by atoms with van der Waals surface area (Å²) in [4.78, 5) is 31.1. The molecule has 1 N–H and O–H groups in total. The lowest BCUT2D eigenvalue weighted by Gasteiger charge is -2.34. The number of aryl methyl sites for hydroxylation is 1. The van der Waals surface area contributed by atoms with Crippen LogP contribution in [0.5, 0.6) is 5.75 Å². The molecule has 1 fully saturated rings. The zero-order valence-electron chi connectivity index (χ0n) is 19.6. The molecule has 1 amide bonds. The maximum atomic E-state index is 13.6. The number of thiophene rings is 1. The predicted octanol–water partition coefficient (Wildman–Crippen LogP) is 3.08. The molecule has 0 aliphatic carbocycles. The second-order valence-corrected chi connectivity index (χ2v) is 12.0. The van der Waals surface area contributed by atoms with E-state index in [-0.39, 0.29) is 28.7 Å². The smallest absolute Gasteiger partial charge is 0.263 e. The highest BCUT2D eigenvalue weighted by atomic mass is 32.2. The number of hydrogen-bond acceptors (Lipinski definition) is 7. The van der Waals surface area contributed by atoms with Gasteiger partial charge in [0, 0.05) is 29.7 Å². The normalized spacial score (nSPS) is 19.3. The molecule has 1 aromatic carbocycles. The number of piperidine rings is 1. The Balaban J connectivity index is 1.68. The molecule has 11 heteroatoms. The Bertz CT molecular complexity index is 1390. The number of hydrogen-bond donors (Lipinski definition) is 1. The summed E-state index contributed by atoms with van der Waals surface area (Å²) in [5, 5.41) is 2.77. The van der Waals surface area contributed by atoms with Gasteiger partial charge in [0.25, 0.3) is 5.56 Å². The third-order valence-corrected chi connectivity index (χ3v) is 9.05. The fourth-order valence-corrected chi connectivity index (χ4v) is 7.87. The number of aromatic nitrogens is 2. The van der Waals surface area contributed by atoms with E-state index in [2.05, 4.69) is 10.3 Å². The van der Waals surface area contributed by atoms with Gasteiger partial charge in [0.1, 0.15) is 22.0 Å². The lowest BCUT2D eigenvalue weighted by atomic mass is 9.94. The summed E-state index contributed by atoms with van der Waals surface area (Å²) in [6.45, 7) is 6.29. The zero-order chi connectivity index (χ0) is 24.6. The minimum Gasteiger partial charge on any atom is -0.497 e. The third kappa shape index (κ3) is 4.73. The zero-order valence-corrected chi connectivity index (χ0v) is 21.2. The second-order valence-electron chi connectivity index (χ2n) is 8.89. The number of anilines is 1. The van der Waals surface area contributed by atoms with Gasteiger partial charge < -0.3 is 10.1 Å². The van der Waals surface area contributed by atoms with Crippen LogP contribution >= 0.6 is 11.3 Å². The number of sulfonamides is 1. The van der Waals surface area contributed by atoms with E-state index < -0.39 is 21.5 Å². The lowest BCUT2D eigenvalue weighted by molar-refractivity contribution is -0.116. The SMILES string of the molecule is COc1cccc(NC(=O)Cn2cnc3sc(C)c(S(=O)(=O)N4C[C@@H](C)C[C@H](C)C4)c3c2=O)c1. The molecule has 1 saturated heterocycles. The molecule has 3 heterocycles. The van der Waals surface area contributed by atoms with Gasteiger partial charge in [-0.2, -0.15) is 4.31 Å². The van der Waals surface area contributed by atoms with Crippen LogP contribution in [-0.2, 0) is 21.4 Å². The molecular formula is C23H28N4O5S2. The van der Waals surface area contributed by atoms with Gasteiger partial charge in [-0.15, -0.1) is 11.3 Å². The number of ether oxygens (including phenoxy) is 1. The van der Waals surface area contributed by atoms with E-state index in [1.165, 1.54) is 29.1 Å². The van der Waals surface area contributed by atoms with Crippen molar-refractivity contribution in [1.29, 1.82) is 0 Å². The van der Waals surface area contributed by atoms with Gasteiger partial charge in [0.15, 0.2) is 0 Å². The van der Waals surface area contributed by atoms with Gasteiger partial charge in [-0.1, -0.05) is 19.9 Å². The maximum Gasteiger partial charge on any atom is 0.263 e. The molecule has 3 aromatic rings. The van der Waals surface area contributed by atoms with E-state index in [4.69, 9.17) is 4.74 Å². The molecule has 9 nitrogen and oxygen atoms in total. The molecule has 1 aliphatic rings. The van der Waals surface area contributed by atoms with Crippen LogP contribution < -0.4 is 15.6 Å². The van der Waals surface area contributed by atoms with E-state index in [0.717, 1.165) is 11.0 Å². The first-order valence-corrected chi connectivity index (χ1v) is 13.3. The lowest BCUT2D eigenvalue weighted by Crippen LogP contribution is -2.42. The van der Waals surface area contributed by atoms with Crippen LogP contribution in [0.4, 0.5) is 5.69 Å². The van der Waals surface area contributed by atoms with Crippen LogP contribution in [0.2, 0.25) is 0 Å². The number of fused-ring (bicyclic) bond motifs is 1. The molecular weight excluding hydrogens is 476 g/mol. The van der Waals surface area contributed by atoms with Crippen molar-refractivity contribution in [1.82, 2.24) is 13.9 Å². The van der Waals surface area contributed by atoms with E-state index >= 15 is 0 Å². The number of nitrogens with one attached hydrogen (secondary N) is 1. The van der Waals surface area contributed by atoms with Gasteiger partial charge in [-0.3, -0.25) is 14.2 Å². The number of nitrogens with zero attached hydrogens (tertiary/aromatic N) is 3.